The lowest BCUT2D eigenvalue weighted by Crippen LogP contribution is -2.48. The highest BCUT2D eigenvalue weighted by atomic mass is 32.2. The SMILES string of the molecule is Cc1ccc(S(=O)(=O)N(C)CC(=O)NNC(=O)C(=O)c2c(C)[nH]c3ccccc23)cc1. The third-order valence-electron chi connectivity index (χ3n) is 4.74. The second kappa shape index (κ2) is 8.70. The molecule has 1 aromatic heterocycles. The van der Waals surface area contributed by atoms with E-state index >= 15 is 0 Å². The molecule has 2 aromatic carbocycles. The number of rotatable bonds is 6. The van der Waals surface area contributed by atoms with E-state index in [4.69, 9.17) is 0 Å². The molecule has 0 bridgehead atoms. The molecule has 0 atom stereocenters. The van der Waals surface area contributed by atoms with E-state index in [1.807, 2.05) is 12.3 Å². The Morgan fingerprint density at radius 1 is 0.968 bits per heavy atom. The van der Waals surface area contributed by atoms with Crippen molar-refractivity contribution in [2.45, 2.75) is 18.7 Å². The monoisotopic (exact) mass is 442 g/mol. The Labute approximate surface area is 179 Å². The Morgan fingerprint density at radius 3 is 2.29 bits per heavy atom. The Morgan fingerprint density at radius 2 is 1.61 bits per heavy atom. The fourth-order valence-corrected chi connectivity index (χ4v) is 4.21. The molecule has 31 heavy (non-hydrogen) atoms. The lowest BCUT2D eigenvalue weighted by Gasteiger charge is -2.17. The van der Waals surface area contributed by atoms with Crippen molar-refractivity contribution in [2.24, 2.45) is 0 Å². The molecule has 3 aromatic rings. The summed E-state index contributed by atoms with van der Waals surface area (Å²) in [6.07, 6.45) is 0. The van der Waals surface area contributed by atoms with Gasteiger partial charge in [0, 0.05) is 23.6 Å². The van der Waals surface area contributed by atoms with Gasteiger partial charge in [0.25, 0.3) is 11.7 Å². The molecule has 0 saturated carbocycles. The largest absolute Gasteiger partial charge is 0.358 e. The average Bonchev–Trinajstić information content (AvgIpc) is 3.07. The van der Waals surface area contributed by atoms with E-state index in [2.05, 4.69) is 10.4 Å². The molecule has 0 aliphatic rings. The lowest BCUT2D eigenvalue weighted by atomic mass is 10.1. The summed E-state index contributed by atoms with van der Waals surface area (Å²) in [5.74, 6) is -2.66. The van der Waals surface area contributed by atoms with Gasteiger partial charge in [0.1, 0.15) is 0 Å². The number of nitrogens with zero attached hydrogens (tertiary/aromatic N) is 1. The zero-order valence-corrected chi connectivity index (χ0v) is 18.0. The number of hydrogen-bond donors (Lipinski definition) is 3. The van der Waals surface area contributed by atoms with Crippen LogP contribution in [0.25, 0.3) is 10.9 Å². The summed E-state index contributed by atoms with van der Waals surface area (Å²) < 4.78 is 25.9. The third-order valence-corrected chi connectivity index (χ3v) is 6.56. The standard InChI is InChI=1S/C21H22N4O5S/c1-13-8-10-15(11-9-13)31(29,30)25(3)12-18(26)23-24-21(28)20(27)19-14(2)22-17-7-5-4-6-16(17)19/h4-11,22H,12H2,1-3H3,(H,23,26)(H,24,28). The highest BCUT2D eigenvalue weighted by Gasteiger charge is 2.25. The normalized spacial score (nSPS) is 11.5. The van der Waals surface area contributed by atoms with Gasteiger partial charge in [-0.15, -0.1) is 0 Å². The van der Waals surface area contributed by atoms with E-state index in [0.29, 0.717) is 16.6 Å². The number of sulfonamides is 1. The number of aromatic amines is 1. The highest BCUT2D eigenvalue weighted by Crippen LogP contribution is 2.22. The molecule has 0 saturated heterocycles. The smallest absolute Gasteiger partial charge is 0.310 e. The number of carbonyl (C=O) groups is 3. The minimum atomic E-state index is -3.88. The number of para-hydroxylation sites is 1. The van der Waals surface area contributed by atoms with Crippen LogP contribution >= 0.6 is 0 Å². The molecule has 9 nitrogen and oxygen atoms in total. The molecule has 1 heterocycles. The van der Waals surface area contributed by atoms with Crippen LogP contribution in [-0.2, 0) is 19.6 Å². The number of aromatic nitrogens is 1. The molecular weight excluding hydrogens is 420 g/mol. The molecule has 0 aliphatic carbocycles. The van der Waals surface area contributed by atoms with E-state index in [9.17, 15) is 22.8 Å². The zero-order chi connectivity index (χ0) is 22.8. The molecule has 0 unspecified atom stereocenters. The maximum atomic E-state index is 12.6. The number of ketones is 1. The van der Waals surface area contributed by atoms with E-state index in [-0.39, 0.29) is 10.5 Å². The Hall–Kier alpha value is -3.50. The van der Waals surface area contributed by atoms with Crippen molar-refractivity contribution in [3.8, 4) is 0 Å². The number of nitrogens with one attached hydrogen (secondary N) is 3. The first-order valence-electron chi connectivity index (χ1n) is 9.35. The molecule has 3 rings (SSSR count). The van der Waals surface area contributed by atoms with E-state index < -0.39 is 34.2 Å². The minimum Gasteiger partial charge on any atom is -0.358 e. The predicted octanol–water partition coefficient (Wildman–Crippen LogP) is 1.44. The van der Waals surface area contributed by atoms with Crippen molar-refractivity contribution < 1.29 is 22.8 Å². The predicted molar refractivity (Wildman–Crippen MR) is 115 cm³/mol. The van der Waals surface area contributed by atoms with Crippen LogP contribution in [0.1, 0.15) is 21.6 Å². The van der Waals surface area contributed by atoms with Crippen molar-refractivity contribution in [3.05, 3.63) is 65.4 Å². The minimum absolute atomic E-state index is 0.0439. The molecule has 0 radical (unpaired) electrons. The fourth-order valence-electron chi connectivity index (χ4n) is 3.08. The first-order valence-corrected chi connectivity index (χ1v) is 10.8. The van der Waals surface area contributed by atoms with Crippen LogP contribution < -0.4 is 10.9 Å². The van der Waals surface area contributed by atoms with Crippen LogP contribution in [0.4, 0.5) is 0 Å². The number of benzene rings is 2. The number of Topliss-reactive ketones (excluding diaryl/α,β-unsaturated/α-hetero) is 1. The second-order valence-corrected chi connectivity index (χ2v) is 9.12. The second-order valence-electron chi connectivity index (χ2n) is 7.08. The Bertz CT molecular complexity index is 1260. The van der Waals surface area contributed by atoms with Crippen LogP contribution in [0.5, 0.6) is 0 Å². The summed E-state index contributed by atoms with van der Waals surface area (Å²) in [6, 6.07) is 13.2. The first-order chi connectivity index (χ1) is 14.6. The van der Waals surface area contributed by atoms with Crippen molar-refractivity contribution in [1.82, 2.24) is 20.1 Å². The number of hydrogen-bond acceptors (Lipinski definition) is 5. The van der Waals surface area contributed by atoms with Gasteiger partial charge in [0.05, 0.1) is 17.0 Å². The number of amides is 2. The lowest BCUT2D eigenvalue weighted by molar-refractivity contribution is -0.126. The third kappa shape index (κ3) is 4.65. The number of H-pyrrole nitrogens is 1. The average molecular weight is 442 g/mol. The van der Waals surface area contributed by atoms with E-state index in [1.165, 1.54) is 19.2 Å². The molecule has 0 spiro atoms. The fraction of sp³-hybridized carbons (Fsp3) is 0.190. The Balaban J connectivity index is 1.62. The van der Waals surface area contributed by atoms with Crippen molar-refractivity contribution >= 4 is 38.5 Å². The van der Waals surface area contributed by atoms with Crippen LogP contribution in [0.2, 0.25) is 0 Å². The number of fused-ring (bicyclic) bond motifs is 1. The van der Waals surface area contributed by atoms with Crippen molar-refractivity contribution in [2.75, 3.05) is 13.6 Å². The van der Waals surface area contributed by atoms with Crippen LogP contribution in [0, 0.1) is 13.8 Å². The maximum absolute atomic E-state index is 12.6. The van der Waals surface area contributed by atoms with Gasteiger partial charge in [-0.1, -0.05) is 35.9 Å². The summed E-state index contributed by atoms with van der Waals surface area (Å²) in [6.45, 7) is 2.95. The molecule has 3 N–H and O–H groups in total. The van der Waals surface area contributed by atoms with Gasteiger partial charge in [-0.25, -0.2) is 8.42 Å². The van der Waals surface area contributed by atoms with Gasteiger partial charge in [0.2, 0.25) is 10.0 Å². The van der Waals surface area contributed by atoms with Gasteiger partial charge in [-0.05, 0) is 32.0 Å². The molecular formula is C21H22N4O5S. The van der Waals surface area contributed by atoms with Gasteiger partial charge < -0.3 is 4.98 Å². The van der Waals surface area contributed by atoms with Gasteiger partial charge >= 0.3 is 5.91 Å². The van der Waals surface area contributed by atoms with Gasteiger partial charge in [0.15, 0.2) is 0 Å². The highest BCUT2D eigenvalue weighted by molar-refractivity contribution is 7.89. The van der Waals surface area contributed by atoms with Crippen LogP contribution in [-0.4, -0.2) is 48.9 Å². The number of hydrazine groups is 1. The Kier molecular flexibility index (Phi) is 6.23. The van der Waals surface area contributed by atoms with Crippen molar-refractivity contribution in [1.29, 1.82) is 0 Å². The molecule has 0 fully saturated rings. The van der Waals surface area contributed by atoms with Gasteiger partial charge in [-0.3, -0.25) is 25.2 Å². The molecule has 162 valence electrons. The van der Waals surface area contributed by atoms with E-state index in [1.54, 1.807) is 43.3 Å². The van der Waals surface area contributed by atoms with Crippen LogP contribution in [0.3, 0.4) is 0 Å². The summed E-state index contributed by atoms with van der Waals surface area (Å²) in [5.41, 5.74) is 6.47. The summed E-state index contributed by atoms with van der Waals surface area (Å²) >= 11 is 0. The van der Waals surface area contributed by atoms with Gasteiger partial charge in [-0.2, -0.15) is 4.31 Å². The molecule has 10 heteroatoms. The summed E-state index contributed by atoms with van der Waals surface area (Å²) in [7, 11) is -2.64. The number of carbonyl (C=O) groups excluding carboxylic acids is 3. The topological polar surface area (TPSA) is 128 Å². The quantitative estimate of drug-likeness (QED) is 0.302. The van der Waals surface area contributed by atoms with Crippen LogP contribution in [0.15, 0.2) is 53.4 Å². The maximum Gasteiger partial charge on any atom is 0.310 e. The summed E-state index contributed by atoms with van der Waals surface area (Å²) in [5, 5.41) is 0.593. The number of likely N-dealkylation sites (N-methyl/N-ethyl adjacent to an activating group) is 1. The van der Waals surface area contributed by atoms with E-state index in [0.717, 1.165) is 9.87 Å². The zero-order valence-electron chi connectivity index (χ0n) is 17.2. The first kappa shape index (κ1) is 22.2. The summed E-state index contributed by atoms with van der Waals surface area (Å²) in [4.78, 5) is 40.0. The molecule has 2 amide bonds. The van der Waals surface area contributed by atoms with Crippen molar-refractivity contribution in [3.63, 3.8) is 0 Å². The molecule has 0 aliphatic heterocycles. The number of aryl methyl sites for hydroxylation is 2.